The SMILES string of the molecule is CNCC1CCCN(C(=O)c2cccc(Nc3cnccn3)c2)C1. The van der Waals surface area contributed by atoms with Crippen molar-refractivity contribution in [1.29, 1.82) is 0 Å². The van der Waals surface area contributed by atoms with Crippen molar-refractivity contribution >= 4 is 17.4 Å². The first kappa shape index (κ1) is 16.4. The molecule has 24 heavy (non-hydrogen) atoms. The third-order valence-electron chi connectivity index (χ3n) is 4.24. The predicted molar refractivity (Wildman–Crippen MR) is 94.3 cm³/mol. The Labute approximate surface area is 142 Å². The molecule has 1 fully saturated rings. The van der Waals surface area contributed by atoms with Crippen molar-refractivity contribution in [2.75, 3.05) is 32.0 Å². The lowest BCUT2D eigenvalue weighted by Gasteiger charge is -2.32. The molecule has 1 unspecified atom stereocenters. The van der Waals surface area contributed by atoms with Crippen molar-refractivity contribution in [3.8, 4) is 0 Å². The molecule has 6 nitrogen and oxygen atoms in total. The third-order valence-corrected chi connectivity index (χ3v) is 4.24. The van der Waals surface area contributed by atoms with Gasteiger partial charge in [0.15, 0.2) is 0 Å². The van der Waals surface area contributed by atoms with Crippen LogP contribution in [0.5, 0.6) is 0 Å². The van der Waals surface area contributed by atoms with Crippen LogP contribution in [0.3, 0.4) is 0 Å². The minimum atomic E-state index is 0.0959. The van der Waals surface area contributed by atoms with E-state index in [0.29, 0.717) is 17.3 Å². The molecule has 1 aromatic carbocycles. The van der Waals surface area contributed by atoms with E-state index in [9.17, 15) is 4.79 Å². The number of amides is 1. The summed E-state index contributed by atoms with van der Waals surface area (Å²) in [5.41, 5.74) is 1.54. The smallest absolute Gasteiger partial charge is 0.253 e. The van der Waals surface area contributed by atoms with Crippen LogP contribution in [0.1, 0.15) is 23.2 Å². The van der Waals surface area contributed by atoms with Crippen LogP contribution in [0.25, 0.3) is 0 Å². The van der Waals surface area contributed by atoms with E-state index < -0.39 is 0 Å². The number of carbonyl (C=O) groups excluding carboxylic acids is 1. The second-order valence-corrected chi connectivity index (χ2v) is 6.11. The third kappa shape index (κ3) is 4.08. The number of carbonyl (C=O) groups is 1. The molecule has 1 amide bonds. The summed E-state index contributed by atoms with van der Waals surface area (Å²) >= 11 is 0. The number of anilines is 2. The minimum Gasteiger partial charge on any atom is -0.339 e. The van der Waals surface area contributed by atoms with Gasteiger partial charge >= 0.3 is 0 Å². The Morgan fingerprint density at radius 1 is 1.38 bits per heavy atom. The lowest BCUT2D eigenvalue weighted by Crippen LogP contribution is -2.42. The molecule has 6 heteroatoms. The van der Waals surface area contributed by atoms with Gasteiger partial charge in [-0.05, 0) is 50.6 Å². The molecule has 2 N–H and O–H groups in total. The van der Waals surface area contributed by atoms with Crippen LogP contribution >= 0.6 is 0 Å². The summed E-state index contributed by atoms with van der Waals surface area (Å²) in [5, 5.41) is 6.39. The number of nitrogens with one attached hydrogen (secondary N) is 2. The maximum absolute atomic E-state index is 12.8. The molecule has 0 spiro atoms. The molecule has 126 valence electrons. The number of hydrogen-bond acceptors (Lipinski definition) is 5. The summed E-state index contributed by atoms with van der Waals surface area (Å²) in [6.07, 6.45) is 7.16. The Kier molecular flexibility index (Phi) is 5.38. The van der Waals surface area contributed by atoms with Crippen molar-refractivity contribution in [3.63, 3.8) is 0 Å². The van der Waals surface area contributed by atoms with Crippen LogP contribution in [0.2, 0.25) is 0 Å². The number of piperidine rings is 1. The van der Waals surface area contributed by atoms with E-state index in [1.54, 1.807) is 18.6 Å². The van der Waals surface area contributed by atoms with Gasteiger partial charge in [0.2, 0.25) is 0 Å². The number of benzene rings is 1. The zero-order chi connectivity index (χ0) is 16.8. The van der Waals surface area contributed by atoms with E-state index >= 15 is 0 Å². The second kappa shape index (κ2) is 7.88. The number of nitrogens with zero attached hydrogens (tertiary/aromatic N) is 3. The van der Waals surface area contributed by atoms with Crippen LogP contribution in [0, 0.1) is 5.92 Å². The van der Waals surface area contributed by atoms with Crippen molar-refractivity contribution in [2.24, 2.45) is 5.92 Å². The average Bonchev–Trinajstić information content (AvgIpc) is 2.63. The monoisotopic (exact) mass is 325 g/mol. The Morgan fingerprint density at radius 2 is 2.29 bits per heavy atom. The largest absolute Gasteiger partial charge is 0.339 e. The summed E-state index contributed by atoms with van der Waals surface area (Å²) in [6, 6.07) is 7.55. The van der Waals surface area contributed by atoms with E-state index in [1.807, 2.05) is 36.2 Å². The first-order valence-electron chi connectivity index (χ1n) is 8.33. The summed E-state index contributed by atoms with van der Waals surface area (Å²) in [7, 11) is 1.96. The Bertz CT molecular complexity index is 674. The van der Waals surface area contributed by atoms with E-state index in [1.165, 1.54) is 6.42 Å². The van der Waals surface area contributed by atoms with E-state index in [0.717, 1.165) is 31.7 Å². The fourth-order valence-electron chi connectivity index (χ4n) is 3.13. The molecule has 1 aromatic heterocycles. The first-order chi connectivity index (χ1) is 11.8. The molecule has 0 aliphatic carbocycles. The van der Waals surface area contributed by atoms with Gasteiger partial charge in [0.1, 0.15) is 5.82 Å². The minimum absolute atomic E-state index is 0.0959. The van der Waals surface area contributed by atoms with Crippen LogP contribution in [-0.4, -0.2) is 47.5 Å². The summed E-state index contributed by atoms with van der Waals surface area (Å²) < 4.78 is 0. The molecule has 0 bridgehead atoms. The highest BCUT2D eigenvalue weighted by atomic mass is 16.2. The van der Waals surface area contributed by atoms with Crippen LogP contribution < -0.4 is 10.6 Å². The number of aromatic nitrogens is 2. The molecule has 1 atom stereocenters. The first-order valence-corrected chi connectivity index (χ1v) is 8.33. The molecule has 2 heterocycles. The van der Waals surface area contributed by atoms with Gasteiger partial charge < -0.3 is 15.5 Å². The van der Waals surface area contributed by atoms with Gasteiger partial charge in [-0.1, -0.05) is 6.07 Å². The average molecular weight is 325 g/mol. The van der Waals surface area contributed by atoms with Crippen LogP contribution in [0.4, 0.5) is 11.5 Å². The summed E-state index contributed by atoms with van der Waals surface area (Å²) in [6.45, 7) is 2.61. The Morgan fingerprint density at radius 3 is 3.08 bits per heavy atom. The molecule has 0 saturated carbocycles. The van der Waals surface area contributed by atoms with Crippen LogP contribution in [-0.2, 0) is 0 Å². The highest BCUT2D eigenvalue weighted by Crippen LogP contribution is 2.20. The molecule has 1 saturated heterocycles. The Hall–Kier alpha value is -2.47. The molecular weight excluding hydrogens is 302 g/mol. The topological polar surface area (TPSA) is 70.2 Å². The highest BCUT2D eigenvalue weighted by molar-refractivity contribution is 5.95. The number of rotatable bonds is 5. The van der Waals surface area contributed by atoms with Crippen molar-refractivity contribution in [1.82, 2.24) is 20.2 Å². The van der Waals surface area contributed by atoms with E-state index in [2.05, 4.69) is 20.6 Å². The summed E-state index contributed by atoms with van der Waals surface area (Å²) in [5.74, 6) is 1.29. The van der Waals surface area contributed by atoms with Crippen LogP contribution in [0.15, 0.2) is 42.9 Å². The zero-order valence-electron chi connectivity index (χ0n) is 13.9. The van der Waals surface area contributed by atoms with E-state index in [-0.39, 0.29) is 5.91 Å². The van der Waals surface area contributed by atoms with Crippen molar-refractivity contribution in [3.05, 3.63) is 48.4 Å². The van der Waals surface area contributed by atoms with E-state index in [4.69, 9.17) is 0 Å². The van der Waals surface area contributed by atoms with Crippen molar-refractivity contribution < 1.29 is 4.79 Å². The lowest BCUT2D eigenvalue weighted by molar-refractivity contribution is 0.0674. The molecular formula is C18H23N5O. The highest BCUT2D eigenvalue weighted by Gasteiger charge is 2.24. The zero-order valence-corrected chi connectivity index (χ0v) is 13.9. The van der Waals surface area contributed by atoms with Gasteiger partial charge in [0.05, 0.1) is 6.20 Å². The number of likely N-dealkylation sites (tertiary alicyclic amines) is 1. The molecule has 0 radical (unpaired) electrons. The quantitative estimate of drug-likeness (QED) is 0.883. The van der Waals surface area contributed by atoms with Gasteiger partial charge in [-0.3, -0.25) is 9.78 Å². The second-order valence-electron chi connectivity index (χ2n) is 6.11. The molecule has 2 aromatic rings. The maximum atomic E-state index is 12.8. The molecule has 1 aliphatic rings. The Balaban J connectivity index is 1.70. The van der Waals surface area contributed by atoms with Gasteiger partial charge in [-0.2, -0.15) is 0 Å². The molecule has 1 aliphatic heterocycles. The normalized spacial score (nSPS) is 17.5. The maximum Gasteiger partial charge on any atom is 0.253 e. The molecule has 3 rings (SSSR count). The fourth-order valence-corrected chi connectivity index (χ4v) is 3.13. The summed E-state index contributed by atoms with van der Waals surface area (Å²) in [4.78, 5) is 23.0. The van der Waals surface area contributed by atoms with Gasteiger partial charge in [0.25, 0.3) is 5.91 Å². The van der Waals surface area contributed by atoms with Gasteiger partial charge in [-0.25, -0.2) is 4.98 Å². The van der Waals surface area contributed by atoms with Crippen molar-refractivity contribution in [2.45, 2.75) is 12.8 Å². The van der Waals surface area contributed by atoms with Gasteiger partial charge in [-0.15, -0.1) is 0 Å². The number of hydrogen-bond donors (Lipinski definition) is 2. The lowest BCUT2D eigenvalue weighted by atomic mass is 9.97. The predicted octanol–water partition coefficient (Wildman–Crippen LogP) is 2.29. The fraction of sp³-hybridized carbons (Fsp3) is 0.389. The standard InChI is InChI=1S/C18H23N5O/c1-19-11-14-4-3-9-23(13-14)18(24)15-5-2-6-16(10-15)22-17-12-20-7-8-21-17/h2,5-8,10,12,14,19H,3-4,9,11,13H2,1H3,(H,21,22). The van der Waals surface area contributed by atoms with Gasteiger partial charge in [0, 0.05) is 36.7 Å².